The molecule has 4 heteroatoms. The molecule has 2 aromatic carbocycles. The van der Waals surface area contributed by atoms with E-state index in [4.69, 9.17) is 4.99 Å². The summed E-state index contributed by atoms with van der Waals surface area (Å²) in [7, 11) is 0. The Hall–Kier alpha value is -3.14. The van der Waals surface area contributed by atoms with Crippen LogP contribution in [0, 0.1) is 0 Å². The van der Waals surface area contributed by atoms with Crippen LogP contribution >= 0.6 is 0 Å². The van der Waals surface area contributed by atoms with E-state index in [1.165, 1.54) is 0 Å². The number of hydrogen-bond donors (Lipinski definition) is 1. The van der Waals surface area contributed by atoms with Crippen LogP contribution in [0.1, 0.15) is 0 Å². The normalized spacial score (nSPS) is 23.3. The summed E-state index contributed by atoms with van der Waals surface area (Å²) >= 11 is 0. The molecule has 3 aliphatic heterocycles. The summed E-state index contributed by atoms with van der Waals surface area (Å²) in [6.45, 7) is 0. The number of benzene rings is 2. The van der Waals surface area contributed by atoms with Gasteiger partial charge < -0.3 is 10.2 Å². The summed E-state index contributed by atoms with van der Waals surface area (Å²) in [5, 5.41) is 3.46. The molecule has 0 unspecified atom stereocenters. The Bertz CT molecular complexity index is 918. The first-order valence-corrected chi connectivity index (χ1v) is 7.26. The summed E-state index contributed by atoms with van der Waals surface area (Å²) in [6, 6.07) is 16.5. The van der Waals surface area contributed by atoms with E-state index in [-0.39, 0.29) is 0 Å². The van der Waals surface area contributed by atoms with Crippen LogP contribution in [-0.2, 0) is 0 Å². The Morgan fingerprint density at radius 3 is 2.86 bits per heavy atom. The second-order valence-electron chi connectivity index (χ2n) is 5.36. The Kier molecular flexibility index (Phi) is 2.19. The largest absolute Gasteiger partial charge is 0.339 e. The van der Waals surface area contributed by atoms with Gasteiger partial charge in [0.15, 0.2) is 5.69 Å². The number of nitrogens with zero attached hydrogens (tertiary/aromatic N) is 3. The number of fused-ring (bicyclic) bond motifs is 6. The second-order valence-corrected chi connectivity index (χ2v) is 5.36. The molecule has 0 radical (unpaired) electrons. The van der Waals surface area contributed by atoms with Crippen molar-refractivity contribution in [2.24, 2.45) is 4.99 Å². The lowest BCUT2D eigenvalue weighted by Crippen LogP contribution is -2.21. The van der Waals surface area contributed by atoms with Gasteiger partial charge in [-0.2, -0.15) is 4.58 Å². The summed E-state index contributed by atoms with van der Waals surface area (Å²) in [5.74, 6) is 1.94. The molecule has 0 saturated carbocycles. The molecule has 104 valence electrons. The topological polar surface area (TPSA) is 30.6 Å². The molecule has 0 aliphatic carbocycles. The van der Waals surface area contributed by atoms with Crippen LogP contribution in [0.25, 0.3) is 0 Å². The molecule has 0 bridgehead atoms. The number of rotatable bonds is 0. The number of aliphatic imine (C=N–C) groups is 1. The minimum Gasteiger partial charge on any atom is -0.339 e. The number of allylic oxidation sites excluding steroid dienone is 1. The van der Waals surface area contributed by atoms with E-state index in [2.05, 4.69) is 63.6 Å². The molecular weight excluding hydrogens is 272 g/mol. The first-order valence-electron chi connectivity index (χ1n) is 7.26. The lowest BCUT2D eigenvalue weighted by molar-refractivity contribution is -0.291. The third-order valence-electron chi connectivity index (χ3n) is 4.05. The molecule has 0 saturated heterocycles. The lowest BCUT2D eigenvalue weighted by Gasteiger charge is -2.15. The Morgan fingerprint density at radius 2 is 1.86 bits per heavy atom. The summed E-state index contributed by atoms with van der Waals surface area (Å²) in [4.78, 5) is 6.88. The molecule has 2 aromatic rings. The van der Waals surface area contributed by atoms with E-state index >= 15 is 0 Å². The molecule has 1 N–H and O–H groups in total. The lowest BCUT2D eigenvalue weighted by atomic mass is 10.2. The highest BCUT2D eigenvalue weighted by atomic mass is 15.3. The van der Waals surface area contributed by atoms with Gasteiger partial charge in [0.2, 0.25) is 5.69 Å². The van der Waals surface area contributed by atoms with Crippen LogP contribution in [0.2, 0.25) is 0 Å². The smallest absolute Gasteiger partial charge is 0.332 e. The van der Waals surface area contributed by atoms with E-state index < -0.39 is 0 Å². The van der Waals surface area contributed by atoms with Gasteiger partial charge in [0.1, 0.15) is 5.82 Å². The molecule has 0 atom stereocenters. The average molecular weight is 285 g/mol. The van der Waals surface area contributed by atoms with Crippen molar-refractivity contribution in [3.63, 3.8) is 0 Å². The number of hydrogen-bond acceptors (Lipinski definition) is 3. The van der Waals surface area contributed by atoms with Crippen LogP contribution in [0.4, 0.5) is 22.7 Å². The number of para-hydroxylation sites is 4. The first-order chi connectivity index (χ1) is 10.9. The molecule has 0 aromatic heterocycles. The minimum atomic E-state index is 0.922. The van der Waals surface area contributed by atoms with Crippen molar-refractivity contribution in [2.75, 3.05) is 10.2 Å². The van der Waals surface area contributed by atoms with Gasteiger partial charge >= 0.3 is 5.84 Å². The fourth-order valence-electron chi connectivity index (χ4n) is 3.04. The van der Waals surface area contributed by atoms with E-state index in [0.29, 0.717) is 0 Å². The number of anilines is 2. The molecule has 0 spiro atoms. The van der Waals surface area contributed by atoms with E-state index in [0.717, 1.165) is 34.4 Å². The van der Waals surface area contributed by atoms with Crippen molar-refractivity contribution in [3.05, 3.63) is 72.7 Å². The zero-order valence-electron chi connectivity index (χ0n) is 11.8. The molecule has 3 aliphatic rings. The average Bonchev–Trinajstić information content (AvgIpc) is 3.04. The predicted octanol–water partition coefficient (Wildman–Crippen LogP) is 3.75. The van der Waals surface area contributed by atoms with Gasteiger partial charge in [-0.3, -0.25) is 0 Å². The number of nitrogens with one attached hydrogen (secondary N) is 1. The summed E-state index contributed by atoms with van der Waals surface area (Å²) in [5.41, 5.74) is 4.39. The van der Waals surface area contributed by atoms with Gasteiger partial charge in [0, 0.05) is 6.20 Å². The van der Waals surface area contributed by atoms with Gasteiger partial charge in [-0.15, -0.1) is 0 Å². The van der Waals surface area contributed by atoms with Gasteiger partial charge in [0.25, 0.3) is 0 Å². The molecule has 0 fully saturated rings. The van der Waals surface area contributed by atoms with Gasteiger partial charge in [-0.25, -0.2) is 0 Å². The van der Waals surface area contributed by atoms with Crippen LogP contribution in [0.3, 0.4) is 0 Å². The van der Waals surface area contributed by atoms with Gasteiger partial charge in [-0.1, -0.05) is 24.3 Å². The Labute approximate surface area is 128 Å². The highest BCUT2D eigenvalue weighted by Crippen LogP contribution is 2.38. The zero-order chi connectivity index (χ0) is 14.5. The van der Waals surface area contributed by atoms with Crippen molar-refractivity contribution in [2.45, 2.75) is 0 Å². The zero-order valence-corrected chi connectivity index (χ0v) is 11.8. The van der Waals surface area contributed by atoms with Crippen LogP contribution < -0.4 is 10.2 Å². The Morgan fingerprint density at radius 1 is 1.00 bits per heavy atom. The van der Waals surface area contributed by atoms with Crippen molar-refractivity contribution in [1.82, 2.24) is 0 Å². The van der Waals surface area contributed by atoms with Crippen LogP contribution in [-0.4, -0.2) is 16.6 Å². The van der Waals surface area contributed by atoms with Crippen molar-refractivity contribution >= 4 is 34.8 Å². The van der Waals surface area contributed by atoms with Gasteiger partial charge in [0.05, 0.1) is 23.7 Å². The molecular formula is C18H13N4+. The fraction of sp³-hybridized carbons (Fsp3) is 0. The first kappa shape index (κ1) is 11.5. The SMILES string of the molecule is C1=C\N2/C(=C\C3=Nc4ccccc4/[N+]3=C/1)Nc1ccccc12. The predicted molar refractivity (Wildman–Crippen MR) is 89.3 cm³/mol. The summed E-state index contributed by atoms with van der Waals surface area (Å²) < 4.78 is 2.11. The fourth-order valence-corrected chi connectivity index (χ4v) is 3.04. The van der Waals surface area contributed by atoms with Crippen molar-refractivity contribution in [1.29, 1.82) is 0 Å². The van der Waals surface area contributed by atoms with Gasteiger partial charge in [-0.05, 0) is 35.3 Å². The molecule has 0 amide bonds. The van der Waals surface area contributed by atoms with E-state index in [1.54, 1.807) is 0 Å². The van der Waals surface area contributed by atoms with Crippen LogP contribution in [0.15, 0.2) is 77.7 Å². The molecule has 5 rings (SSSR count). The molecule has 22 heavy (non-hydrogen) atoms. The monoisotopic (exact) mass is 285 g/mol. The maximum atomic E-state index is 4.73. The highest BCUT2D eigenvalue weighted by molar-refractivity contribution is 6.01. The van der Waals surface area contributed by atoms with Crippen molar-refractivity contribution in [3.8, 4) is 0 Å². The van der Waals surface area contributed by atoms with Crippen LogP contribution in [0.5, 0.6) is 0 Å². The molecule has 3 heterocycles. The van der Waals surface area contributed by atoms with Crippen molar-refractivity contribution < 1.29 is 4.58 Å². The van der Waals surface area contributed by atoms with E-state index in [9.17, 15) is 0 Å². The second kappa shape index (κ2) is 4.18. The highest BCUT2D eigenvalue weighted by Gasteiger charge is 2.31. The maximum absolute atomic E-state index is 4.73. The quantitative estimate of drug-likeness (QED) is 0.747. The Balaban J connectivity index is 1.68. The minimum absolute atomic E-state index is 0.922. The molecule has 4 nitrogen and oxygen atoms in total. The van der Waals surface area contributed by atoms with E-state index in [1.807, 2.05) is 24.3 Å². The standard InChI is InChI=1S/C18H13N4/c1-3-8-15-13(6-1)19-17-12-18-20-14-7-2-4-9-16(14)22(18)11-5-10-21(15)17/h1-12,19H/q+1/b17-12-. The summed E-state index contributed by atoms with van der Waals surface area (Å²) in [6.07, 6.45) is 8.26. The third kappa shape index (κ3) is 1.52. The third-order valence-corrected chi connectivity index (χ3v) is 4.05. The number of amidine groups is 1. The maximum Gasteiger partial charge on any atom is 0.332 e.